The monoisotopic (exact) mass is 284 g/mol. The third-order valence-corrected chi connectivity index (χ3v) is 2.76. The topological polar surface area (TPSA) is 37.3 Å². The second kappa shape index (κ2) is 4.96. The minimum Gasteiger partial charge on any atom is -0.507 e. The molecule has 2 nitrogen and oxygen atoms in total. The van der Waals surface area contributed by atoms with Crippen LogP contribution in [0.4, 0.5) is 17.6 Å². The molecule has 2 rings (SSSR count). The van der Waals surface area contributed by atoms with E-state index in [1.807, 2.05) is 0 Å². The number of rotatable bonds is 2. The molecule has 0 atom stereocenters. The lowest BCUT2D eigenvalue weighted by atomic mass is 10.0. The van der Waals surface area contributed by atoms with Gasteiger partial charge in [-0.25, -0.2) is 4.39 Å². The highest BCUT2D eigenvalue weighted by molar-refractivity contribution is 5.82. The van der Waals surface area contributed by atoms with Crippen LogP contribution in [0.2, 0.25) is 0 Å². The molecular weight excluding hydrogens is 276 g/mol. The normalized spacial score (nSPS) is 11.4. The Balaban J connectivity index is 2.51. The molecule has 0 fully saturated rings. The number of hydrogen-bond acceptors (Lipinski definition) is 2. The summed E-state index contributed by atoms with van der Waals surface area (Å²) in [5, 5.41) is 9.33. The van der Waals surface area contributed by atoms with Gasteiger partial charge in [0.15, 0.2) is 6.29 Å². The van der Waals surface area contributed by atoms with E-state index in [0.29, 0.717) is 12.4 Å². The van der Waals surface area contributed by atoms with Gasteiger partial charge in [0.25, 0.3) is 0 Å². The van der Waals surface area contributed by atoms with E-state index in [1.165, 1.54) is 18.2 Å². The Morgan fingerprint density at radius 2 is 1.75 bits per heavy atom. The van der Waals surface area contributed by atoms with E-state index < -0.39 is 17.6 Å². The Hall–Kier alpha value is -2.37. The molecule has 0 aliphatic rings. The summed E-state index contributed by atoms with van der Waals surface area (Å²) in [4.78, 5) is 10.7. The summed E-state index contributed by atoms with van der Waals surface area (Å²) in [6.07, 6.45) is -4.25. The van der Waals surface area contributed by atoms with E-state index >= 15 is 0 Å². The molecule has 20 heavy (non-hydrogen) atoms. The molecular formula is C14H8F4O2. The minimum absolute atomic E-state index is 0.0678. The fraction of sp³-hybridized carbons (Fsp3) is 0.0714. The summed E-state index contributed by atoms with van der Waals surface area (Å²) < 4.78 is 51.0. The largest absolute Gasteiger partial charge is 0.507 e. The lowest BCUT2D eigenvalue weighted by molar-refractivity contribution is -0.137. The predicted octanol–water partition coefficient (Wildman–Crippen LogP) is 4.03. The van der Waals surface area contributed by atoms with Crippen LogP contribution in [0.5, 0.6) is 5.75 Å². The van der Waals surface area contributed by atoms with Crippen molar-refractivity contribution < 1.29 is 27.5 Å². The van der Waals surface area contributed by atoms with Gasteiger partial charge in [-0.05, 0) is 29.8 Å². The van der Waals surface area contributed by atoms with E-state index in [-0.39, 0.29) is 22.4 Å². The maximum atomic E-state index is 13.8. The van der Waals surface area contributed by atoms with Crippen molar-refractivity contribution in [3.05, 3.63) is 53.3 Å². The van der Waals surface area contributed by atoms with Crippen molar-refractivity contribution in [1.29, 1.82) is 0 Å². The molecule has 0 bridgehead atoms. The molecule has 0 unspecified atom stereocenters. The number of aromatic hydroxyl groups is 1. The van der Waals surface area contributed by atoms with Gasteiger partial charge in [-0.15, -0.1) is 0 Å². The Morgan fingerprint density at radius 1 is 1.05 bits per heavy atom. The first-order valence-electron chi connectivity index (χ1n) is 5.48. The van der Waals surface area contributed by atoms with E-state index in [2.05, 4.69) is 0 Å². The average Bonchev–Trinajstić information content (AvgIpc) is 2.38. The first-order valence-corrected chi connectivity index (χ1v) is 5.48. The number of benzene rings is 2. The maximum absolute atomic E-state index is 13.8. The molecule has 2 aromatic carbocycles. The van der Waals surface area contributed by atoms with Gasteiger partial charge in [0.1, 0.15) is 11.6 Å². The average molecular weight is 284 g/mol. The van der Waals surface area contributed by atoms with Gasteiger partial charge < -0.3 is 5.11 Å². The van der Waals surface area contributed by atoms with Crippen LogP contribution < -0.4 is 0 Å². The standard InChI is InChI=1S/C14H8F4O2/c15-12-6-10(14(16,17)18)2-3-11(12)8-1-4-13(20)9(5-8)7-19/h1-7,20H. The Morgan fingerprint density at radius 3 is 2.30 bits per heavy atom. The lowest BCUT2D eigenvalue weighted by Crippen LogP contribution is -2.05. The van der Waals surface area contributed by atoms with Crippen molar-refractivity contribution in [1.82, 2.24) is 0 Å². The summed E-state index contributed by atoms with van der Waals surface area (Å²) >= 11 is 0. The third-order valence-electron chi connectivity index (χ3n) is 2.76. The summed E-state index contributed by atoms with van der Waals surface area (Å²) in [7, 11) is 0. The molecule has 1 N–H and O–H groups in total. The number of halogens is 4. The van der Waals surface area contributed by atoms with Crippen LogP contribution in [0, 0.1) is 5.82 Å². The van der Waals surface area contributed by atoms with Gasteiger partial charge in [-0.1, -0.05) is 12.1 Å². The van der Waals surface area contributed by atoms with Gasteiger partial charge in [0.2, 0.25) is 0 Å². The molecule has 0 saturated heterocycles. The quantitative estimate of drug-likeness (QED) is 0.667. The fourth-order valence-electron chi connectivity index (χ4n) is 1.74. The van der Waals surface area contributed by atoms with Crippen molar-refractivity contribution in [2.45, 2.75) is 6.18 Å². The van der Waals surface area contributed by atoms with Crippen molar-refractivity contribution in [3.8, 4) is 16.9 Å². The van der Waals surface area contributed by atoms with Crippen LogP contribution in [0.25, 0.3) is 11.1 Å². The van der Waals surface area contributed by atoms with Gasteiger partial charge >= 0.3 is 6.18 Å². The summed E-state index contributed by atoms with van der Waals surface area (Å²) in [6.45, 7) is 0. The molecule has 0 aliphatic carbocycles. The van der Waals surface area contributed by atoms with Gasteiger partial charge in [0, 0.05) is 5.56 Å². The molecule has 0 radical (unpaired) electrons. The van der Waals surface area contributed by atoms with E-state index in [1.54, 1.807) is 0 Å². The van der Waals surface area contributed by atoms with Crippen LogP contribution in [-0.2, 0) is 6.18 Å². The molecule has 0 aromatic heterocycles. The molecule has 0 aliphatic heterocycles. The van der Waals surface area contributed by atoms with Gasteiger partial charge in [-0.2, -0.15) is 13.2 Å². The van der Waals surface area contributed by atoms with E-state index in [0.717, 1.165) is 12.1 Å². The van der Waals surface area contributed by atoms with Crippen molar-refractivity contribution in [2.75, 3.05) is 0 Å². The SMILES string of the molecule is O=Cc1cc(-c2ccc(C(F)(F)F)cc2F)ccc1O. The van der Waals surface area contributed by atoms with Gasteiger partial charge in [-0.3, -0.25) is 4.79 Å². The third kappa shape index (κ3) is 2.64. The molecule has 0 spiro atoms. The number of carbonyl (C=O) groups is 1. The zero-order chi connectivity index (χ0) is 14.9. The summed E-state index contributed by atoms with van der Waals surface area (Å²) in [5.74, 6) is -1.33. The maximum Gasteiger partial charge on any atom is 0.416 e. The van der Waals surface area contributed by atoms with Crippen LogP contribution in [0.15, 0.2) is 36.4 Å². The number of aldehydes is 1. The second-order valence-electron chi connectivity index (χ2n) is 4.08. The number of phenolic OH excluding ortho intramolecular Hbond substituents is 1. The van der Waals surface area contributed by atoms with Crippen LogP contribution in [-0.4, -0.2) is 11.4 Å². The van der Waals surface area contributed by atoms with Crippen molar-refractivity contribution in [3.63, 3.8) is 0 Å². The minimum atomic E-state index is -4.62. The zero-order valence-corrected chi connectivity index (χ0v) is 9.91. The molecule has 0 heterocycles. The predicted molar refractivity (Wildman–Crippen MR) is 63.9 cm³/mol. The Kier molecular flexibility index (Phi) is 3.48. The van der Waals surface area contributed by atoms with Crippen LogP contribution >= 0.6 is 0 Å². The first kappa shape index (κ1) is 14.0. The lowest BCUT2D eigenvalue weighted by Gasteiger charge is -2.10. The summed E-state index contributed by atoms with van der Waals surface area (Å²) in [6, 6.07) is 5.83. The van der Waals surface area contributed by atoms with Gasteiger partial charge in [0.05, 0.1) is 11.1 Å². The highest BCUT2D eigenvalue weighted by Gasteiger charge is 2.31. The van der Waals surface area contributed by atoms with E-state index in [9.17, 15) is 27.5 Å². The number of phenols is 1. The smallest absolute Gasteiger partial charge is 0.416 e. The van der Waals surface area contributed by atoms with Crippen molar-refractivity contribution >= 4 is 6.29 Å². The number of hydrogen-bond donors (Lipinski definition) is 1. The van der Waals surface area contributed by atoms with Crippen molar-refractivity contribution in [2.24, 2.45) is 0 Å². The van der Waals surface area contributed by atoms with Crippen LogP contribution in [0.1, 0.15) is 15.9 Å². The second-order valence-corrected chi connectivity index (χ2v) is 4.08. The molecule has 104 valence electrons. The van der Waals surface area contributed by atoms with E-state index in [4.69, 9.17) is 0 Å². The Bertz CT molecular complexity index is 663. The number of carbonyl (C=O) groups excluding carboxylic acids is 1. The molecule has 0 amide bonds. The highest BCUT2D eigenvalue weighted by atomic mass is 19.4. The molecule has 6 heteroatoms. The molecule has 2 aromatic rings. The number of alkyl halides is 3. The fourth-order valence-corrected chi connectivity index (χ4v) is 1.74. The first-order chi connectivity index (χ1) is 9.32. The highest BCUT2D eigenvalue weighted by Crippen LogP contribution is 2.33. The Labute approximate surface area is 111 Å². The summed E-state index contributed by atoms with van der Waals surface area (Å²) in [5.41, 5.74) is -1.04. The molecule has 0 saturated carbocycles. The van der Waals surface area contributed by atoms with Crippen LogP contribution in [0.3, 0.4) is 0 Å². The zero-order valence-electron chi connectivity index (χ0n) is 9.91.